The molecule has 2 N–H and O–H groups in total. The molecule has 2 aliphatic rings. The van der Waals surface area contributed by atoms with Gasteiger partial charge in [0.05, 0.1) is 17.6 Å². The maximum absolute atomic E-state index is 11.8. The lowest BCUT2D eigenvalue weighted by atomic mass is 9.89. The molecule has 2 rings (SSSR count). The van der Waals surface area contributed by atoms with Crippen molar-refractivity contribution in [2.45, 2.75) is 44.4 Å². The first-order valence-electron chi connectivity index (χ1n) is 6.83. The molecule has 1 saturated carbocycles. The molecule has 110 valence electrons. The van der Waals surface area contributed by atoms with Crippen LogP contribution in [0.4, 0.5) is 0 Å². The van der Waals surface area contributed by atoms with Crippen LogP contribution in [0.25, 0.3) is 0 Å². The van der Waals surface area contributed by atoms with Crippen molar-refractivity contribution >= 4 is 15.7 Å². The van der Waals surface area contributed by atoms with Gasteiger partial charge < -0.3 is 15.4 Å². The minimum Gasteiger partial charge on any atom is -0.378 e. The van der Waals surface area contributed by atoms with Crippen molar-refractivity contribution in [3.63, 3.8) is 0 Å². The third-order valence-corrected chi connectivity index (χ3v) is 5.33. The SMILES string of the molecule is CCOC1CC(NC(=O)CC2CS(=O)(=O)CCN2)C1. The highest BCUT2D eigenvalue weighted by molar-refractivity contribution is 7.91. The molecule has 0 spiro atoms. The Morgan fingerprint density at radius 1 is 1.42 bits per heavy atom. The molecule has 1 unspecified atom stereocenters. The minimum absolute atomic E-state index is 0.0622. The molecule has 1 atom stereocenters. The molecule has 7 heteroatoms. The number of carbonyl (C=O) groups excluding carboxylic acids is 1. The van der Waals surface area contributed by atoms with Crippen molar-refractivity contribution in [1.29, 1.82) is 0 Å². The van der Waals surface area contributed by atoms with Crippen molar-refractivity contribution in [2.75, 3.05) is 24.7 Å². The summed E-state index contributed by atoms with van der Waals surface area (Å²) in [6.07, 6.45) is 2.21. The lowest BCUT2D eigenvalue weighted by molar-refractivity contribution is -0.124. The fourth-order valence-electron chi connectivity index (χ4n) is 2.56. The van der Waals surface area contributed by atoms with E-state index in [1.807, 2.05) is 6.92 Å². The van der Waals surface area contributed by atoms with E-state index in [1.54, 1.807) is 0 Å². The average molecular weight is 290 g/mol. The standard InChI is InChI=1S/C12H22N2O4S/c1-2-18-11-5-9(6-11)14-12(15)7-10-8-19(16,17)4-3-13-10/h9-11,13H,2-8H2,1H3,(H,14,15). The monoisotopic (exact) mass is 290 g/mol. The number of hydrogen-bond acceptors (Lipinski definition) is 5. The first-order valence-corrected chi connectivity index (χ1v) is 8.65. The van der Waals surface area contributed by atoms with Gasteiger partial charge in [0, 0.05) is 31.7 Å². The average Bonchev–Trinajstić information content (AvgIpc) is 2.24. The van der Waals surface area contributed by atoms with Gasteiger partial charge in [-0.3, -0.25) is 4.79 Å². The molecule has 0 bridgehead atoms. The van der Waals surface area contributed by atoms with Crippen molar-refractivity contribution in [2.24, 2.45) is 0 Å². The summed E-state index contributed by atoms with van der Waals surface area (Å²) in [4.78, 5) is 11.8. The Kier molecular flexibility index (Phi) is 4.81. The van der Waals surface area contributed by atoms with Crippen molar-refractivity contribution in [1.82, 2.24) is 10.6 Å². The third kappa shape index (κ3) is 4.43. The van der Waals surface area contributed by atoms with Crippen LogP contribution in [-0.4, -0.2) is 57.2 Å². The molecule has 1 aliphatic heterocycles. The number of nitrogens with one attached hydrogen (secondary N) is 2. The minimum atomic E-state index is -2.98. The highest BCUT2D eigenvalue weighted by atomic mass is 32.2. The van der Waals surface area contributed by atoms with Crippen LogP contribution in [0.1, 0.15) is 26.2 Å². The van der Waals surface area contributed by atoms with E-state index in [4.69, 9.17) is 4.74 Å². The van der Waals surface area contributed by atoms with Crippen LogP contribution < -0.4 is 10.6 Å². The summed E-state index contributed by atoms with van der Waals surface area (Å²) in [6, 6.07) is -0.0641. The predicted octanol–water partition coefficient (Wildman–Crippen LogP) is -0.553. The Hall–Kier alpha value is -0.660. The Morgan fingerprint density at radius 3 is 2.79 bits per heavy atom. The topological polar surface area (TPSA) is 84.5 Å². The van der Waals surface area contributed by atoms with Gasteiger partial charge >= 0.3 is 0 Å². The molecular weight excluding hydrogens is 268 g/mol. The second kappa shape index (κ2) is 6.19. The van der Waals surface area contributed by atoms with Crippen molar-refractivity contribution in [3.05, 3.63) is 0 Å². The molecule has 1 saturated heterocycles. The smallest absolute Gasteiger partial charge is 0.221 e. The highest BCUT2D eigenvalue weighted by Crippen LogP contribution is 2.23. The Bertz CT molecular complexity index is 417. The lowest BCUT2D eigenvalue weighted by Crippen LogP contribution is -2.51. The number of rotatable bonds is 5. The van der Waals surface area contributed by atoms with E-state index >= 15 is 0 Å². The molecule has 1 heterocycles. The molecule has 0 radical (unpaired) electrons. The van der Waals surface area contributed by atoms with Crippen LogP contribution in [0.3, 0.4) is 0 Å². The van der Waals surface area contributed by atoms with Crippen LogP contribution in [0.15, 0.2) is 0 Å². The second-order valence-corrected chi connectivity index (χ2v) is 7.51. The number of carbonyl (C=O) groups is 1. The third-order valence-electron chi connectivity index (χ3n) is 3.60. The number of sulfone groups is 1. The fraction of sp³-hybridized carbons (Fsp3) is 0.917. The zero-order valence-corrected chi connectivity index (χ0v) is 12.0. The van der Waals surface area contributed by atoms with Crippen LogP contribution in [0, 0.1) is 0 Å². The maximum Gasteiger partial charge on any atom is 0.221 e. The molecule has 2 fully saturated rings. The van der Waals surface area contributed by atoms with Crippen LogP contribution >= 0.6 is 0 Å². The van der Waals surface area contributed by atoms with Gasteiger partial charge in [-0.05, 0) is 19.8 Å². The lowest BCUT2D eigenvalue weighted by Gasteiger charge is -2.35. The maximum atomic E-state index is 11.8. The summed E-state index contributed by atoms with van der Waals surface area (Å²) in [5.74, 6) is 0.158. The first kappa shape index (κ1) is 14.7. The van der Waals surface area contributed by atoms with Crippen molar-refractivity contribution in [3.8, 4) is 0 Å². The first-order chi connectivity index (χ1) is 8.98. The molecule has 1 aliphatic carbocycles. The van der Waals surface area contributed by atoms with E-state index in [9.17, 15) is 13.2 Å². The Morgan fingerprint density at radius 2 is 2.16 bits per heavy atom. The largest absolute Gasteiger partial charge is 0.378 e. The molecule has 19 heavy (non-hydrogen) atoms. The Balaban J connectivity index is 1.68. The van der Waals surface area contributed by atoms with E-state index in [0.29, 0.717) is 13.2 Å². The second-order valence-electron chi connectivity index (χ2n) is 5.28. The van der Waals surface area contributed by atoms with Gasteiger partial charge in [0.15, 0.2) is 9.84 Å². The van der Waals surface area contributed by atoms with Crippen LogP contribution in [0.2, 0.25) is 0 Å². The molecular formula is C12H22N2O4S. The summed E-state index contributed by atoms with van der Waals surface area (Å²) in [6.45, 7) is 3.10. The zero-order chi connectivity index (χ0) is 13.9. The van der Waals surface area contributed by atoms with Crippen LogP contribution in [-0.2, 0) is 19.4 Å². The summed E-state index contributed by atoms with van der Waals surface area (Å²) in [5.41, 5.74) is 0. The molecule has 1 amide bonds. The van der Waals surface area contributed by atoms with Gasteiger partial charge in [-0.25, -0.2) is 8.42 Å². The van der Waals surface area contributed by atoms with Gasteiger partial charge in [0.1, 0.15) is 0 Å². The predicted molar refractivity (Wildman–Crippen MR) is 71.6 cm³/mol. The molecule has 0 aromatic heterocycles. The van der Waals surface area contributed by atoms with Gasteiger partial charge in [0.25, 0.3) is 0 Å². The summed E-state index contributed by atoms with van der Waals surface area (Å²) < 4.78 is 28.3. The Labute approximate surface area is 114 Å². The molecule has 0 aromatic rings. The van der Waals surface area contributed by atoms with Crippen molar-refractivity contribution < 1.29 is 17.9 Å². The highest BCUT2D eigenvalue weighted by Gasteiger charge is 2.32. The van der Waals surface area contributed by atoms with Crippen LogP contribution in [0.5, 0.6) is 0 Å². The number of hydrogen-bond donors (Lipinski definition) is 2. The number of ether oxygens (including phenoxy) is 1. The van der Waals surface area contributed by atoms with E-state index in [1.165, 1.54) is 0 Å². The summed E-state index contributed by atoms with van der Waals surface area (Å²) in [5, 5.41) is 6.00. The van der Waals surface area contributed by atoms with E-state index < -0.39 is 9.84 Å². The van der Waals surface area contributed by atoms with Gasteiger partial charge in [-0.2, -0.15) is 0 Å². The van der Waals surface area contributed by atoms with E-state index in [-0.39, 0.29) is 42.0 Å². The number of amides is 1. The normalized spacial score (nSPS) is 33.4. The fourth-order valence-corrected chi connectivity index (χ4v) is 4.01. The molecule has 0 aromatic carbocycles. The molecule has 6 nitrogen and oxygen atoms in total. The van der Waals surface area contributed by atoms with E-state index in [0.717, 1.165) is 12.8 Å². The summed E-state index contributed by atoms with van der Waals surface area (Å²) in [7, 11) is -2.98. The zero-order valence-electron chi connectivity index (χ0n) is 11.2. The van der Waals surface area contributed by atoms with Gasteiger partial charge in [0.2, 0.25) is 5.91 Å². The summed E-state index contributed by atoms with van der Waals surface area (Å²) >= 11 is 0. The van der Waals surface area contributed by atoms with Gasteiger partial charge in [-0.15, -0.1) is 0 Å². The van der Waals surface area contributed by atoms with E-state index in [2.05, 4.69) is 10.6 Å². The van der Waals surface area contributed by atoms with Gasteiger partial charge in [-0.1, -0.05) is 0 Å². The quantitative estimate of drug-likeness (QED) is 0.709.